The molecule has 11 heteroatoms. The second kappa shape index (κ2) is 7.91. The molecule has 0 amide bonds. The van der Waals surface area contributed by atoms with Crippen molar-refractivity contribution in [2.24, 2.45) is 0 Å². The summed E-state index contributed by atoms with van der Waals surface area (Å²) in [5.74, 6) is 0.193. The first-order valence-electron chi connectivity index (χ1n) is 9.19. The number of hydrogen-bond acceptors (Lipinski definition) is 8. The SMILES string of the molecule is Cc1nn2cc([C@H](C)Nc3nc(N)nc(N)c3C#N)c(-c3cccc(Cl)c3)nc2c1Cl. The molecule has 0 saturated heterocycles. The van der Waals surface area contributed by atoms with Crippen LogP contribution in [0.25, 0.3) is 16.9 Å². The van der Waals surface area contributed by atoms with Gasteiger partial charge in [-0.1, -0.05) is 35.3 Å². The third-order valence-corrected chi connectivity index (χ3v) is 5.40. The Bertz CT molecular complexity index is 1360. The third-order valence-electron chi connectivity index (χ3n) is 4.73. The van der Waals surface area contributed by atoms with Crippen molar-refractivity contribution >= 4 is 46.4 Å². The summed E-state index contributed by atoms with van der Waals surface area (Å²) in [6, 6.07) is 8.98. The molecule has 0 fully saturated rings. The van der Waals surface area contributed by atoms with Gasteiger partial charge in [-0.05, 0) is 26.0 Å². The highest BCUT2D eigenvalue weighted by Crippen LogP contribution is 2.33. The van der Waals surface area contributed by atoms with Crippen molar-refractivity contribution in [1.29, 1.82) is 5.26 Å². The molecule has 0 saturated carbocycles. The highest BCUT2D eigenvalue weighted by Gasteiger charge is 2.21. The molecule has 5 N–H and O–H groups in total. The van der Waals surface area contributed by atoms with Crippen LogP contribution in [0.15, 0.2) is 30.5 Å². The fourth-order valence-corrected chi connectivity index (χ4v) is 3.60. The summed E-state index contributed by atoms with van der Waals surface area (Å²) < 4.78 is 1.62. The van der Waals surface area contributed by atoms with E-state index >= 15 is 0 Å². The van der Waals surface area contributed by atoms with E-state index in [9.17, 15) is 5.26 Å². The van der Waals surface area contributed by atoms with Gasteiger partial charge >= 0.3 is 0 Å². The topological polar surface area (TPSA) is 144 Å². The van der Waals surface area contributed by atoms with Crippen LogP contribution in [0.5, 0.6) is 0 Å². The van der Waals surface area contributed by atoms with E-state index in [1.54, 1.807) is 10.6 Å². The monoisotopic (exact) mass is 453 g/mol. The van der Waals surface area contributed by atoms with Crippen molar-refractivity contribution in [2.45, 2.75) is 19.9 Å². The number of hydrogen-bond donors (Lipinski definition) is 3. The zero-order chi connectivity index (χ0) is 22.3. The van der Waals surface area contributed by atoms with Crippen molar-refractivity contribution < 1.29 is 0 Å². The number of aromatic nitrogens is 5. The maximum Gasteiger partial charge on any atom is 0.224 e. The maximum absolute atomic E-state index is 9.46. The Kier molecular flexibility index (Phi) is 5.27. The van der Waals surface area contributed by atoms with Gasteiger partial charge in [0.1, 0.15) is 22.5 Å². The quantitative estimate of drug-likeness (QED) is 0.420. The van der Waals surface area contributed by atoms with Crippen LogP contribution in [0.2, 0.25) is 10.0 Å². The van der Waals surface area contributed by atoms with Crippen molar-refractivity contribution in [3.05, 3.63) is 57.3 Å². The number of anilines is 3. The predicted molar refractivity (Wildman–Crippen MR) is 121 cm³/mol. The minimum Gasteiger partial charge on any atom is -0.382 e. The number of nitrogen functional groups attached to an aromatic ring is 2. The van der Waals surface area contributed by atoms with Crippen LogP contribution >= 0.6 is 23.2 Å². The fourth-order valence-electron chi connectivity index (χ4n) is 3.25. The molecule has 4 aromatic rings. The number of rotatable bonds is 4. The number of nitrogens with two attached hydrogens (primary N) is 2. The van der Waals surface area contributed by atoms with Gasteiger partial charge in [-0.2, -0.15) is 20.3 Å². The molecule has 9 nitrogen and oxygen atoms in total. The van der Waals surface area contributed by atoms with E-state index < -0.39 is 0 Å². The van der Waals surface area contributed by atoms with Crippen molar-refractivity contribution in [1.82, 2.24) is 24.6 Å². The Morgan fingerprint density at radius 2 is 1.97 bits per heavy atom. The average Bonchev–Trinajstić information content (AvgIpc) is 3.00. The van der Waals surface area contributed by atoms with Gasteiger partial charge in [0, 0.05) is 22.3 Å². The van der Waals surface area contributed by atoms with Crippen LogP contribution in [0.1, 0.15) is 29.8 Å². The smallest absolute Gasteiger partial charge is 0.224 e. The molecule has 0 radical (unpaired) electrons. The van der Waals surface area contributed by atoms with Gasteiger partial charge in [0.2, 0.25) is 5.95 Å². The van der Waals surface area contributed by atoms with Crippen molar-refractivity contribution in [3.8, 4) is 17.3 Å². The lowest BCUT2D eigenvalue weighted by Crippen LogP contribution is -2.15. The van der Waals surface area contributed by atoms with Crippen LogP contribution < -0.4 is 16.8 Å². The van der Waals surface area contributed by atoms with E-state index in [4.69, 9.17) is 39.7 Å². The Hall–Kier alpha value is -3.61. The van der Waals surface area contributed by atoms with Crippen LogP contribution in [0.3, 0.4) is 0 Å². The van der Waals surface area contributed by atoms with Gasteiger partial charge in [0.25, 0.3) is 0 Å². The highest BCUT2D eigenvalue weighted by atomic mass is 35.5. The van der Waals surface area contributed by atoms with Gasteiger partial charge in [-0.3, -0.25) is 0 Å². The Labute approximate surface area is 187 Å². The Morgan fingerprint density at radius 3 is 2.68 bits per heavy atom. The molecule has 0 bridgehead atoms. The van der Waals surface area contributed by atoms with Gasteiger partial charge in [-0.15, -0.1) is 0 Å². The molecular formula is C20H17Cl2N9. The zero-order valence-corrected chi connectivity index (χ0v) is 18.1. The molecule has 0 unspecified atom stereocenters. The first-order chi connectivity index (χ1) is 14.8. The number of halogens is 2. The largest absolute Gasteiger partial charge is 0.382 e. The average molecular weight is 454 g/mol. The second-order valence-electron chi connectivity index (χ2n) is 6.89. The molecule has 4 rings (SSSR count). The summed E-state index contributed by atoms with van der Waals surface area (Å²) >= 11 is 12.6. The van der Waals surface area contributed by atoms with Crippen LogP contribution in [-0.2, 0) is 0 Å². The number of aryl methyl sites for hydroxylation is 1. The van der Waals surface area contributed by atoms with Gasteiger partial charge < -0.3 is 16.8 Å². The van der Waals surface area contributed by atoms with Crippen LogP contribution in [0, 0.1) is 18.3 Å². The lowest BCUT2D eigenvalue weighted by atomic mass is 10.0. The lowest BCUT2D eigenvalue weighted by Gasteiger charge is -2.19. The summed E-state index contributed by atoms with van der Waals surface area (Å²) in [5, 5.41) is 18.1. The summed E-state index contributed by atoms with van der Waals surface area (Å²) in [5.41, 5.74) is 15.1. The number of benzene rings is 1. The maximum atomic E-state index is 9.46. The van der Waals surface area contributed by atoms with E-state index in [2.05, 4.69) is 20.4 Å². The fraction of sp³-hybridized carbons (Fsp3) is 0.150. The molecule has 0 aliphatic rings. The lowest BCUT2D eigenvalue weighted by molar-refractivity contribution is 0.826. The van der Waals surface area contributed by atoms with Gasteiger partial charge in [0.05, 0.1) is 17.4 Å². The molecule has 3 heterocycles. The minimum atomic E-state index is -0.366. The molecule has 3 aromatic heterocycles. The summed E-state index contributed by atoms with van der Waals surface area (Å²) in [4.78, 5) is 12.7. The van der Waals surface area contributed by atoms with E-state index in [0.29, 0.717) is 27.1 Å². The standard InChI is InChI=1S/C20H17Cl2N9/c1-9(26-18-13(7-23)17(24)28-20(25)29-18)14-8-31-19(15(22)10(2)30-31)27-16(14)11-4-3-5-12(21)6-11/h3-6,8-9H,1-2H3,(H5,24,25,26,28,29)/t9-/m0/s1. The summed E-state index contributed by atoms with van der Waals surface area (Å²) in [6.07, 6.45) is 1.83. The van der Waals surface area contributed by atoms with E-state index in [0.717, 1.165) is 11.1 Å². The Balaban J connectivity index is 1.88. The number of nitrogens with one attached hydrogen (secondary N) is 1. The molecule has 0 aliphatic heterocycles. The number of nitriles is 1. The molecule has 0 aliphatic carbocycles. The molecular weight excluding hydrogens is 437 g/mol. The normalized spacial score (nSPS) is 12.0. The van der Waals surface area contributed by atoms with Crippen LogP contribution in [-0.4, -0.2) is 24.6 Å². The molecule has 31 heavy (non-hydrogen) atoms. The molecule has 156 valence electrons. The van der Waals surface area contributed by atoms with E-state index in [1.807, 2.05) is 44.3 Å². The van der Waals surface area contributed by atoms with Crippen LogP contribution in [0.4, 0.5) is 17.6 Å². The Morgan fingerprint density at radius 1 is 1.19 bits per heavy atom. The third kappa shape index (κ3) is 3.79. The first kappa shape index (κ1) is 20.7. The highest BCUT2D eigenvalue weighted by molar-refractivity contribution is 6.34. The van der Waals surface area contributed by atoms with E-state index in [-0.39, 0.29) is 29.2 Å². The summed E-state index contributed by atoms with van der Waals surface area (Å²) in [7, 11) is 0. The van der Waals surface area contributed by atoms with Crippen molar-refractivity contribution in [3.63, 3.8) is 0 Å². The van der Waals surface area contributed by atoms with Gasteiger partial charge in [0.15, 0.2) is 11.5 Å². The van der Waals surface area contributed by atoms with E-state index in [1.165, 1.54) is 0 Å². The summed E-state index contributed by atoms with van der Waals surface area (Å²) in [6.45, 7) is 3.70. The number of fused-ring (bicyclic) bond motifs is 1. The number of nitrogens with zero attached hydrogens (tertiary/aromatic N) is 6. The predicted octanol–water partition coefficient (Wildman–Crippen LogP) is 4.01. The molecule has 1 aromatic carbocycles. The molecule has 0 spiro atoms. The first-order valence-corrected chi connectivity index (χ1v) is 9.95. The minimum absolute atomic E-state index is 0.00262. The molecule has 1 atom stereocenters. The zero-order valence-electron chi connectivity index (χ0n) is 16.6. The van der Waals surface area contributed by atoms with Crippen molar-refractivity contribution in [2.75, 3.05) is 16.8 Å². The second-order valence-corrected chi connectivity index (χ2v) is 7.71. The van der Waals surface area contributed by atoms with Gasteiger partial charge in [-0.25, -0.2) is 9.50 Å².